The summed E-state index contributed by atoms with van der Waals surface area (Å²) in [6.07, 6.45) is -2.29. The molecule has 0 unspecified atom stereocenters. The maximum atomic E-state index is 13.6. The monoisotopic (exact) mass is 511 g/mol. The maximum Gasteiger partial charge on any atom is 0.264 e. The van der Waals surface area contributed by atoms with Crippen LogP contribution in [0.1, 0.15) is 39.0 Å². The largest absolute Gasteiger partial charge is 0.507 e. The second kappa shape index (κ2) is 11.5. The Morgan fingerprint density at radius 3 is 2.59 bits per heavy atom. The lowest BCUT2D eigenvalue weighted by molar-refractivity contribution is 0.0726. The van der Waals surface area contributed by atoms with Gasteiger partial charge in [0.2, 0.25) is 0 Å². The fourth-order valence-corrected chi connectivity index (χ4v) is 4.24. The number of nitrogens with zero attached hydrogens (tertiary/aromatic N) is 2. The highest BCUT2D eigenvalue weighted by Crippen LogP contribution is 2.37. The summed E-state index contributed by atoms with van der Waals surface area (Å²) in [4.78, 5) is 17.1. The summed E-state index contributed by atoms with van der Waals surface area (Å²) in [5.74, 6) is -0.478. The molecule has 0 aliphatic carbocycles. The van der Waals surface area contributed by atoms with Crippen molar-refractivity contribution < 1.29 is 28.2 Å². The summed E-state index contributed by atoms with van der Waals surface area (Å²) in [5.41, 5.74) is 8.84. The Bertz CT molecular complexity index is 1250. The van der Waals surface area contributed by atoms with Crippen LogP contribution in [0.5, 0.6) is 17.2 Å². The Kier molecular flexibility index (Phi) is 8.13. The normalized spacial score (nSPS) is 13.1. The summed E-state index contributed by atoms with van der Waals surface area (Å²) in [6, 6.07) is 14.8. The lowest BCUT2D eigenvalue weighted by Crippen LogP contribution is -2.36. The molecule has 0 bridgehead atoms. The predicted octanol–water partition coefficient (Wildman–Crippen LogP) is 4.63. The van der Waals surface area contributed by atoms with Gasteiger partial charge in [0.05, 0.1) is 0 Å². The number of halogens is 2. The first-order valence-corrected chi connectivity index (χ1v) is 12.0. The van der Waals surface area contributed by atoms with Gasteiger partial charge in [-0.25, -0.2) is 8.78 Å². The van der Waals surface area contributed by atoms with Crippen molar-refractivity contribution in [3.63, 3.8) is 0 Å². The predicted molar refractivity (Wildman–Crippen MR) is 137 cm³/mol. The highest BCUT2D eigenvalue weighted by molar-refractivity contribution is 6.00. The number of nitrogens with two attached hydrogens (primary N) is 1. The number of phenols is 1. The van der Waals surface area contributed by atoms with Gasteiger partial charge in [-0.1, -0.05) is 30.3 Å². The van der Waals surface area contributed by atoms with Crippen LogP contribution in [0.15, 0.2) is 54.6 Å². The van der Waals surface area contributed by atoms with E-state index in [2.05, 4.69) is 0 Å². The Morgan fingerprint density at radius 1 is 1.14 bits per heavy atom. The molecule has 0 saturated heterocycles. The second-order valence-electron chi connectivity index (χ2n) is 9.27. The molecular formula is C28H31F2N3O4. The van der Waals surface area contributed by atoms with Crippen LogP contribution < -0.4 is 15.2 Å². The Morgan fingerprint density at radius 2 is 1.89 bits per heavy atom. The average molecular weight is 512 g/mol. The summed E-state index contributed by atoms with van der Waals surface area (Å²) in [6.45, 7) is 1.92. The fraction of sp³-hybridized carbons (Fsp3) is 0.321. The van der Waals surface area contributed by atoms with E-state index in [9.17, 15) is 18.7 Å². The van der Waals surface area contributed by atoms with E-state index in [1.807, 2.05) is 55.4 Å². The zero-order chi connectivity index (χ0) is 26.5. The molecule has 0 aromatic heterocycles. The number of alkyl halides is 2. The van der Waals surface area contributed by atoms with Crippen LogP contribution in [0.4, 0.5) is 14.5 Å². The molecule has 3 N–H and O–H groups in total. The van der Waals surface area contributed by atoms with E-state index in [0.717, 1.165) is 35.4 Å². The highest BCUT2D eigenvalue weighted by Gasteiger charge is 2.29. The van der Waals surface area contributed by atoms with Gasteiger partial charge < -0.3 is 30.1 Å². The van der Waals surface area contributed by atoms with Crippen molar-refractivity contribution in [3.8, 4) is 17.2 Å². The van der Waals surface area contributed by atoms with Crippen molar-refractivity contribution >= 4 is 11.6 Å². The lowest BCUT2D eigenvalue weighted by Gasteiger charge is -2.31. The molecule has 4 rings (SSSR count). The van der Waals surface area contributed by atoms with E-state index in [4.69, 9.17) is 15.2 Å². The van der Waals surface area contributed by atoms with Gasteiger partial charge >= 0.3 is 0 Å². The zero-order valence-electron chi connectivity index (χ0n) is 20.9. The number of carbonyl (C=O) groups is 1. The molecule has 37 heavy (non-hydrogen) atoms. The van der Waals surface area contributed by atoms with Crippen molar-refractivity contribution in [1.82, 2.24) is 9.80 Å². The molecule has 0 atom stereocenters. The first kappa shape index (κ1) is 26.2. The molecule has 1 aliphatic rings. The number of anilines is 1. The molecule has 196 valence electrons. The third kappa shape index (κ3) is 6.29. The van der Waals surface area contributed by atoms with Crippen molar-refractivity contribution in [2.45, 2.75) is 26.0 Å². The first-order valence-electron chi connectivity index (χ1n) is 12.0. The van der Waals surface area contributed by atoms with Gasteiger partial charge in [-0.05, 0) is 55.4 Å². The van der Waals surface area contributed by atoms with Gasteiger partial charge in [0.15, 0.2) is 0 Å². The van der Waals surface area contributed by atoms with Crippen LogP contribution in [0.3, 0.4) is 0 Å². The molecule has 1 amide bonds. The van der Waals surface area contributed by atoms with Gasteiger partial charge in [0.1, 0.15) is 36.0 Å². The van der Waals surface area contributed by atoms with Crippen LogP contribution >= 0.6 is 0 Å². The van der Waals surface area contributed by atoms with Gasteiger partial charge in [-0.15, -0.1) is 0 Å². The van der Waals surface area contributed by atoms with Gasteiger partial charge in [0, 0.05) is 37.0 Å². The number of phenolic OH excluding ortho intramolecular Hbond substituents is 1. The molecule has 3 aromatic carbocycles. The van der Waals surface area contributed by atoms with Crippen molar-refractivity contribution in [2.24, 2.45) is 0 Å². The number of hydrogen-bond donors (Lipinski definition) is 2. The maximum absolute atomic E-state index is 13.6. The molecule has 0 saturated carbocycles. The Balaban J connectivity index is 1.57. The summed E-state index contributed by atoms with van der Waals surface area (Å²) >= 11 is 0. The number of benzene rings is 3. The number of rotatable bonds is 9. The Hall–Kier alpha value is -3.85. The Labute approximate surface area is 215 Å². The number of carbonyl (C=O) groups excluding carboxylic acids is 1. The molecular weight excluding hydrogens is 480 g/mol. The molecule has 9 heteroatoms. The van der Waals surface area contributed by atoms with Gasteiger partial charge in [0.25, 0.3) is 12.3 Å². The minimum Gasteiger partial charge on any atom is -0.507 e. The smallest absolute Gasteiger partial charge is 0.264 e. The van der Waals surface area contributed by atoms with E-state index in [1.165, 1.54) is 4.90 Å². The second-order valence-corrected chi connectivity index (χ2v) is 9.27. The van der Waals surface area contributed by atoms with Crippen molar-refractivity contribution in [3.05, 3.63) is 82.4 Å². The van der Waals surface area contributed by atoms with E-state index in [0.29, 0.717) is 31.0 Å². The number of nitrogen functional groups attached to an aromatic ring is 1. The van der Waals surface area contributed by atoms with Crippen LogP contribution in [0.2, 0.25) is 0 Å². The summed E-state index contributed by atoms with van der Waals surface area (Å²) in [5, 5.41) is 10.6. The molecule has 3 aromatic rings. The minimum atomic E-state index is -2.83. The molecule has 1 aliphatic heterocycles. The molecule has 0 radical (unpaired) electrons. The highest BCUT2D eigenvalue weighted by atomic mass is 19.3. The van der Waals surface area contributed by atoms with Crippen LogP contribution in [-0.2, 0) is 19.6 Å². The summed E-state index contributed by atoms with van der Waals surface area (Å²) in [7, 11) is 3.93. The third-order valence-corrected chi connectivity index (χ3v) is 6.25. The number of likely N-dealkylation sites (N-methyl/N-ethyl adjacent to an activating group) is 1. The van der Waals surface area contributed by atoms with Crippen LogP contribution in [0.25, 0.3) is 0 Å². The van der Waals surface area contributed by atoms with Crippen molar-refractivity contribution in [1.29, 1.82) is 0 Å². The van der Waals surface area contributed by atoms with E-state index in [-0.39, 0.29) is 24.5 Å². The van der Waals surface area contributed by atoms with Crippen molar-refractivity contribution in [2.75, 3.05) is 39.5 Å². The molecule has 0 fully saturated rings. The van der Waals surface area contributed by atoms with E-state index < -0.39 is 23.6 Å². The first-order chi connectivity index (χ1) is 17.7. The summed E-state index contributed by atoms with van der Waals surface area (Å²) < 4.78 is 38.5. The number of hydrogen-bond acceptors (Lipinski definition) is 6. The number of amides is 1. The topological polar surface area (TPSA) is 88.3 Å². The SMILES string of the molecule is CN(C)CCOc1cc(N)c2c(c1)CCN(C(=O)c1c(O)cc(C(F)F)cc1OCc1ccccc1)C2. The van der Waals surface area contributed by atoms with Gasteiger partial charge in [-0.3, -0.25) is 4.79 Å². The standard InChI is InChI=1S/C28H31F2N3O4/c1-32(2)10-11-36-21-12-19-8-9-33(16-22(19)23(31)15-21)28(35)26-24(34)13-20(27(29)30)14-25(26)37-17-18-6-4-3-5-7-18/h3-7,12-15,27,34H,8-11,16-17,31H2,1-2H3. The van der Waals surface area contributed by atoms with E-state index >= 15 is 0 Å². The third-order valence-electron chi connectivity index (χ3n) is 6.25. The molecule has 1 heterocycles. The van der Waals surface area contributed by atoms with Crippen LogP contribution in [0, 0.1) is 0 Å². The lowest BCUT2D eigenvalue weighted by atomic mass is 9.96. The van der Waals surface area contributed by atoms with Crippen LogP contribution in [-0.4, -0.2) is 54.6 Å². The number of aromatic hydroxyl groups is 1. The molecule has 7 nitrogen and oxygen atoms in total. The molecule has 0 spiro atoms. The van der Waals surface area contributed by atoms with Gasteiger partial charge in [-0.2, -0.15) is 0 Å². The fourth-order valence-electron chi connectivity index (χ4n) is 4.24. The number of fused-ring (bicyclic) bond motifs is 1. The number of ether oxygens (including phenoxy) is 2. The minimum absolute atomic E-state index is 0.0552. The zero-order valence-corrected chi connectivity index (χ0v) is 20.9. The quantitative estimate of drug-likeness (QED) is 0.408. The average Bonchev–Trinajstić information content (AvgIpc) is 2.87. The van der Waals surface area contributed by atoms with E-state index in [1.54, 1.807) is 6.07 Å².